The average molecular weight is 394 g/mol. The average Bonchev–Trinajstić information content (AvgIpc) is 2.73. The Morgan fingerprint density at radius 1 is 0.724 bits per heavy atom. The second kappa shape index (κ2) is 12.1. The van der Waals surface area contributed by atoms with Crippen LogP contribution < -0.4 is 4.90 Å². The molecular formula is C28H43N. The van der Waals surface area contributed by atoms with Gasteiger partial charge in [-0.2, -0.15) is 0 Å². The molecule has 0 saturated heterocycles. The highest BCUT2D eigenvalue weighted by molar-refractivity contribution is 5.65. The molecule has 0 saturated carbocycles. The van der Waals surface area contributed by atoms with Gasteiger partial charge < -0.3 is 4.90 Å². The summed E-state index contributed by atoms with van der Waals surface area (Å²) < 4.78 is 0. The van der Waals surface area contributed by atoms with Crippen LogP contribution >= 0.6 is 0 Å². The van der Waals surface area contributed by atoms with E-state index in [2.05, 4.69) is 83.0 Å². The van der Waals surface area contributed by atoms with Gasteiger partial charge in [0.05, 0.1) is 0 Å². The maximum atomic E-state index is 2.47. The summed E-state index contributed by atoms with van der Waals surface area (Å²) in [5.41, 5.74) is 8.48. The van der Waals surface area contributed by atoms with Crippen molar-refractivity contribution in [1.82, 2.24) is 0 Å². The van der Waals surface area contributed by atoms with Crippen molar-refractivity contribution in [2.24, 2.45) is 0 Å². The molecular weight excluding hydrogens is 350 g/mol. The van der Waals surface area contributed by atoms with Crippen LogP contribution in [0, 0.1) is 6.92 Å². The summed E-state index contributed by atoms with van der Waals surface area (Å²) >= 11 is 0. The Morgan fingerprint density at radius 2 is 1.28 bits per heavy atom. The number of rotatable bonds is 12. The fraction of sp³-hybridized carbons (Fsp3) is 0.571. The van der Waals surface area contributed by atoms with Crippen LogP contribution in [0.15, 0.2) is 36.4 Å². The predicted octanol–water partition coefficient (Wildman–Crippen LogP) is 8.74. The van der Waals surface area contributed by atoms with Gasteiger partial charge in [0.2, 0.25) is 0 Å². The van der Waals surface area contributed by atoms with E-state index < -0.39 is 0 Å². The standard InChI is InChI=1S/C28H43N/c1-7-10-13-23(5)26-18-25(15-12-9-3)20-28(21-26)29(6)27-17-22(4)16-24(19-27)14-11-8-2/h16-21,23H,7-15H2,1-6H3. The first kappa shape index (κ1) is 23.5. The second-order valence-corrected chi connectivity index (χ2v) is 8.92. The van der Waals surface area contributed by atoms with Crippen molar-refractivity contribution in [1.29, 1.82) is 0 Å². The lowest BCUT2D eigenvalue weighted by Crippen LogP contribution is -2.11. The van der Waals surface area contributed by atoms with Crippen molar-refractivity contribution < 1.29 is 0 Å². The van der Waals surface area contributed by atoms with E-state index in [1.54, 1.807) is 0 Å². The Balaban J connectivity index is 2.36. The SMILES string of the molecule is CCCCc1cc(C)cc(N(C)c2cc(CCCC)cc(C(C)CCCC)c2)c1. The third-order valence-electron chi connectivity index (χ3n) is 6.09. The molecule has 0 heterocycles. The molecule has 2 rings (SSSR count). The van der Waals surface area contributed by atoms with Gasteiger partial charge in [-0.3, -0.25) is 0 Å². The summed E-state index contributed by atoms with van der Waals surface area (Å²) in [5.74, 6) is 0.626. The zero-order chi connectivity index (χ0) is 21.2. The minimum absolute atomic E-state index is 0.626. The molecule has 0 radical (unpaired) electrons. The Hall–Kier alpha value is -1.76. The van der Waals surface area contributed by atoms with Crippen LogP contribution in [0.4, 0.5) is 11.4 Å². The zero-order valence-corrected chi connectivity index (χ0v) is 19.9. The summed E-state index contributed by atoms with van der Waals surface area (Å²) in [5, 5.41) is 0. The molecule has 160 valence electrons. The zero-order valence-electron chi connectivity index (χ0n) is 19.9. The van der Waals surface area contributed by atoms with E-state index in [-0.39, 0.29) is 0 Å². The minimum Gasteiger partial charge on any atom is -0.345 e. The van der Waals surface area contributed by atoms with E-state index in [9.17, 15) is 0 Å². The first-order valence-corrected chi connectivity index (χ1v) is 12.0. The van der Waals surface area contributed by atoms with Crippen molar-refractivity contribution in [3.63, 3.8) is 0 Å². The van der Waals surface area contributed by atoms with E-state index in [1.165, 1.54) is 91.4 Å². The number of aryl methyl sites for hydroxylation is 3. The Labute approximate surface area is 180 Å². The predicted molar refractivity (Wildman–Crippen MR) is 131 cm³/mol. The lowest BCUT2D eigenvalue weighted by Gasteiger charge is -2.24. The number of anilines is 2. The highest BCUT2D eigenvalue weighted by Gasteiger charge is 2.12. The molecule has 0 aliphatic rings. The van der Waals surface area contributed by atoms with Gasteiger partial charge in [-0.05, 0) is 91.5 Å². The van der Waals surface area contributed by atoms with Crippen LogP contribution in [0.25, 0.3) is 0 Å². The molecule has 0 bridgehead atoms. The Morgan fingerprint density at radius 3 is 1.86 bits per heavy atom. The largest absolute Gasteiger partial charge is 0.345 e. The Kier molecular flexibility index (Phi) is 9.78. The molecule has 0 amide bonds. The highest BCUT2D eigenvalue weighted by atomic mass is 15.1. The quantitative estimate of drug-likeness (QED) is 0.348. The molecule has 1 atom stereocenters. The van der Waals surface area contributed by atoms with E-state index >= 15 is 0 Å². The monoisotopic (exact) mass is 393 g/mol. The summed E-state index contributed by atoms with van der Waals surface area (Å²) in [4.78, 5) is 2.40. The third-order valence-corrected chi connectivity index (χ3v) is 6.09. The fourth-order valence-electron chi connectivity index (χ4n) is 4.09. The van der Waals surface area contributed by atoms with Gasteiger partial charge in [0, 0.05) is 18.4 Å². The molecule has 0 aliphatic carbocycles. The number of unbranched alkanes of at least 4 members (excludes halogenated alkanes) is 3. The van der Waals surface area contributed by atoms with Gasteiger partial charge in [0.1, 0.15) is 0 Å². The molecule has 0 N–H and O–H groups in total. The topological polar surface area (TPSA) is 3.24 Å². The summed E-state index contributed by atoms with van der Waals surface area (Å²) in [6, 6.07) is 14.4. The van der Waals surface area contributed by atoms with Crippen molar-refractivity contribution in [3.8, 4) is 0 Å². The smallest absolute Gasteiger partial charge is 0.0413 e. The third kappa shape index (κ3) is 7.21. The highest BCUT2D eigenvalue weighted by Crippen LogP contribution is 2.32. The maximum absolute atomic E-state index is 2.47. The van der Waals surface area contributed by atoms with E-state index in [0.29, 0.717) is 5.92 Å². The number of hydrogen-bond acceptors (Lipinski definition) is 1. The van der Waals surface area contributed by atoms with Gasteiger partial charge in [0.15, 0.2) is 0 Å². The number of benzene rings is 2. The van der Waals surface area contributed by atoms with E-state index in [1.807, 2.05) is 0 Å². The molecule has 1 unspecified atom stereocenters. The van der Waals surface area contributed by atoms with Crippen LogP contribution in [0.1, 0.15) is 101 Å². The van der Waals surface area contributed by atoms with Crippen molar-refractivity contribution in [3.05, 3.63) is 58.7 Å². The van der Waals surface area contributed by atoms with Gasteiger partial charge in [0.25, 0.3) is 0 Å². The molecule has 0 aromatic heterocycles. The summed E-state index contributed by atoms with van der Waals surface area (Å²) in [7, 11) is 2.23. The molecule has 0 aliphatic heterocycles. The molecule has 29 heavy (non-hydrogen) atoms. The summed E-state index contributed by atoms with van der Waals surface area (Å²) in [6.45, 7) is 11.5. The van der Waals surface area contributed by atoms with E-state index in [0.717, 1.165) is 0 Å². The van der Waals surface area contributed by atoms with Crippen molar-refractivity contribution in [2.45, 2.75) is 98.3 Å². The van der Waals surface area contributed by atoms with Crippen LogP contribution in [0.3, 0.4) is 0 Å². The minimum atomic E-state index is 0.626. The molecule has 2 aromatic rings. The van der Waals surface area contributed by atoms with Gasteiger partial charge >= 0.3 is 0 Å². The second-order valence-electron chi connectivity index (χ2n) is 8.92. The first-order valence-electron chi connectivity index (χ1n) is 12.0. The van der Waals surface area contributed by atoms with Gasteiger partial charge in [-0.15, -0.1) is 0 Å². The van der Waals surface area contributed by atoms with E-state index in [4.69, 9.17) is 0 Å². The Bertz CT molecular complexity index is 746. The van der Waals surface area contributed by atoms with Crippen LogP contribution in [0.2, 0.25) is 0 Å². The molecule has 1 heteroatoms. The lowest BCUT2D eigenvalue weighted by atomic mass is 9.92. The lowest BCUT2D eigenvalue weighted by molar-refractivity contribution is 0.623. The fourth-order valence-corrected chi connectivity index (χ4v) is 4.09. The van der Waals surface area contributed by atoms with Gasteiger partial charge in [-0.1, -0.05) is 65.5 Å². The van der Waals surface area contributed by atoms with Crippen LogP contribution in [-0.4, -0.2) is 7.05 Å². The van der Waals surface area contributed by atoms with Gasteiger partial charge in [-0.25, -0.2) is 0 Å². The molecule has 2 aromatic carbocycles. The number of hydrogen-bond donors (Lipinski definition) is 0. The molecule has 0 spiro atoms. The van der Waals surface area contributed by atoms with Crippen LogP contribution in [-0.2, 0) is 12.8 Å². The molecule has 1 nitrogen and oxygen atoms in total. The summed E-state index contributed by atoms with van der Waals surface area (Å²) in [6.07, 6.45) is 11.2. The van der Waals surface area contributed by atoms with Crippen LogP contribution in [0.5, 0.6) is 0 Å². The normalized spacial score (nSPS) is 12.2. The molecule has 0 fully saturated rings. The van der Waals surface area contributed by atoms with Crippen molar-refractivity contribution >= 4 is 11.4 Å². The number of nitrogens with zero attached hydrogens (tertiary/aromatic N) is 1. The van der Waals surface area contributed by atoms with Crippen molar-refractivity contribution in [2.75, 3.05) is 11.9 Å². The first-order chi connectivity index (χ1) is 14.0. The maximum Gasteiger partial charge on any atom is 0.0413 e.